The number of aromatic nitrogens is 2. The largest absolute Gasteiger partial charge is 0.475 e. The van der Waals surface area contributed by atoms with Gasteiger partial charge < -0.3 is 20.3 Å². The first-order chi connectivity index (χ1) is 14.2. The quantitative estimate of drug-likeness (QED) is 0.460. The lowest BCUT2D eigenvalue weighted by molar-refractivity contribution is -0.131. The third-order valence-corrected chi connectivity index (χ3v) is 5.80. The molecule has 2 fully saturated rings. The minimum Gasteiger partial charge on any atom is -0.426 e. The van der Waals surface area contributed by atoms with E-state index in [0.29, 0.717) is 37.7 Å². The van der Waals surface area contributed by atoms with Crippen LogP contribution in [-0.4, -0.2) is 57.4 Å². The Morgan fingerprint density at radius 1 is 1.27 bits per heavy atom. The lowest BCUT2D eigenvalue weighted by Crippen LogP contribution is -2.54. The van der Waals surface area contributed by atoms with Gasteiger partial charge in [-0.05, 0) is 31.1 Å². The first-order valence-corrected chi connectivity index (χ1v) is 10.7. The van der Waals surface area contributed by atoms with E-state index in [2.05, 4.69) is 15.3 Å². The van der Waals surface area contributed by atoms with E-state index in [0.717, 1.165) is 25.2 Å². The van der Waals surface area contributed by atoms with Crippen LogP contribution in [0.2, 0.25) is 0 Å². The second kappa shape index (κ2) is 9.83. The smallest absolute Gasteiger partial charge is 0.426 e. The molecule has 3 atom stereocenters. The summed E-state index contributed by atoms with van der Waals surface area (Å²) >= 11 is 0. The number of hydrogen-bond donors (Lipinski definition) is 3. The number of nitrogens with zero attached hydrogens (tertiary/aromatic N) is 3. The number of hydrogen-bond acceptors (Lipinski definition) is 7. The first-order valence-electron chi connectivity index (χ1n) is 10.7. The Kier molecular flexibility index (Phi) is 7.41. The van der Waals surface area contributed by atoms with Crippen LogP contribution in [0.25, 0.3) is 0 Å². The monoisotopic (exact) mass is 420 g/mol. The van der Waals surface area contributed by atoms with Gasteiger partial charge >= 0.3 is 7.12 Å². The van der Waals surface area contributed by atoms with E-state index in [1.54, 1.807) is 4.90 Å². The highest BCUT2D eigenvalue weighted by Crippen LogP contribution is 2.37. The van der Waals surface area contributed by atoms with Gasteiger partial charge in [0.2, 0.25) is 11.9 Å². The Hall–Kier alpha value is -2.07. The molecule has 0 radical (unpaired) electrons. The number of carbonyl (C=O) groups is 2. The summed E-state index contributed by atoms with van der Waals surface area (Å²) in [4.78, 5) is 35.4. The van der Waals surface area contributed by atoms with Crippen LogP contribution in [-0.2, 0) is 9.59 Å². The molecule has 0 bridgehead atoms. The summed E-state index contributed by atoms with van der Waals surface area (Å²) in [6.07, 6.45) is 6.02. The average Bonchev–Trinajstić information content (AvgIpc) is 3.45. The third-order valence-electron chi connectivity index (χ3n) is 5.80. The minimum atomic E-state index is -1.65. The van der Waals surface area contributed by atoms with Gasteiger partial charge in [-0.1, -0.05) is 26.7 Å². The molecule has 3 rings (SSSR count). The van der Waals surface area contributed by atoms with Crippen molar-refractivity contribution in [2.24, 2.45) is 17.8 Å². The maximum absolute atomic E-state index is 13.1. The number of Topliss-reactive ketones (excluding diaryl/α,β-unsaturated/α-hetero) is 1. The van der Waals surface area contributed by atoms with E-state index in [4.69, 9.17) is 0 Å². The SMILES string of the molecule is CC(C)CC(NC(=O)C(CC(=O)C1CCN1c1ncc(F)cn1)CC1CC1)B(O)O. The molecule has 1 aliphatic carbocycles. The van der Waals surface area contributed by atoms with Crippen LogP contribution in [0.4, 0.5) is 10.3 Å². The molecular weight excluding hydrogens is 390 g/mol. The Morgan fingerprint density at radius 3 is 2.43 bits per heavy atom. The van der Waals surface area contributed by atoms with Crippen LogP contribution >= 0.6 is 0 Å². The molecule has 1 amide bonds. The normalized spacial score (nSPS) is 20.5. The van der Waals surface area contributed by atoms with Crippen LogP contribution in [0.15, 0.2) is 12.4 Å². The number of amides is 1. The molecule has 10 heteroatoms. The van der Waals surface area contributed by atoms with Crippen molar-refractivity contribution in [3.8, 4) is 0 Å². The topological polar surface area (TPSA) is 116 Å². The molecule has 164 valence electrons. The predicted octanol–water partition coefficient (Wildman–Crippen LogP) is 1.11. The molecule has 0 aromatic carbocycles. The number of nitrogens with one attached hydrogen (secondary N) is 1. The van der Waals surface area contributed by atoms with Gasteiger partial charge in [0.05, 0.1) is 24.4 Å². The number of ketones is 1. The van der Waals surface area contributed by atoms with Crippen LogP contribution < -0.4 is 10.2 Å². The molecule has 3 unspecified atom stereocenters. The number of anilines is 1. The van der Waals surface area contributed by atoms with Gasteiger partial charge in [0, 0.05) is 18.9 Å². The Balaban J connectivity index is 1.63. The average molecular weight is 420 g/mol. The van der Waals surface area contributed by atoms with E-state index in [9.17, 15) is 24.0 Å². The fourth-order valence-electron chi connectivity index (χ4n) is 3.90. The van der Waals surface area contributed by atoms with Crippen molar-refractivity contribution in [3.63, 3.8) is 0 Å². The number of rotatable bonds is 11. The van der Waals surface area contributed by atoms with E-state index >= 15 is 0 Å². The highest BCUT2D eigenvalue weighted by molar-refractivity contribution is 6.43. The van der Waals surface area contributed by atoms with E-state index in [1.807, 2.05) is 13.8 Å². The van der Waals surface area contributed by atoms with Crippen molar-refractivity contribution in [1.29, 1.82) is 0 Å². The Bertz CT molecular complexity index is 745. The summed E-state index contributed by atoms with van der Waals surface area (Å²) in [5.74, 6) is -1.25. The lowest BCUT2D eigenvalue weighted by Gasteiger charge is -2.40. The zero-order chi connectivity index (χ0) is 21.8. The highest BCUT2D eigenvalue weighted by atomic mass is 19.1. The molecule has 1 saturated heterocycles. The standard InChI is InChI=1S/C20H30BFN4O4/c1-12(2)7-18(21(29)30)25-19(28)14(8-13-3-4-13)9-17(27)16-5-6-26(16)20-23-10-15(22)11-24-20/h10-14,16,18,29-30H,3-9H2,1-2H3,(H,25,28). The van der Waals surface area contributed by atoms with Gasteiger partial charge in [-0.15, -0.1) is 0 Å². The fourth-order valence-corrected chi connectivity index (χ4v) is 3.90. The summed E-state index contributed by atoms with van der Waals surface area (Å²) in [5.41, 5.74) is 0. The molecule has 1 aromatic heterocycles. The van der Waals surface area contributed by atoms with Crippen molar-refractivity contribution in [1.82, 2.24) is 15.3 Å². The molecule has 30 heavy (non-hydrogen) atoms. The maximum atomic E-state index is 13.1. The summed E-state index contributed by atoms with van der Waals surface area (Å²) in [6.45, 7) is 4.49. The zero-order valence-corrected chi connectivity index (χ0v) is 17.5. The van der Waals surface area contributed by atoms with Crippen molar-refractivity contribution in [2.45, 2.75) is 64.4 Å². The van der Waals surface area contributed by atoms with Crippen LogP contribution in [0.3, 0.4) is 0 Å². The van der Waals surface area contributed by atoms with Crippen molar-refractivity contribution in [2.75, 3.05) is 11.4 Å². The third kappa shape index (κ3) is 5.98. The molecule has 8 nitrogen and oxygen atoms in total. The molecule has 1 saturated carbocycles. The van der Waals surface area contributed by atoms with Gasteiger partial charge in [-0.25, -0.2) is 14.4 Å². The molecule has 2 heterocycles. The van der Waals surface area contributed by atoms with Crippen molar-refractivity contribution in [3.05, 3.63) is 18.2 Å². The zero-order valence-electron chi connectivity index (χ0n) is 17.5. The summed E-state index contributed by atoms with van der Waals surface area (Å²) < 4.78 is 13.1. The second-order valence-electron chi connectivity index (χ2n) is 8.90. The molecule has 1 aromatic rings. The predicted molar refractivity (Wildman–Crippen MR) is 110 cm³/mol. The van der Waals surface area contributed by atoms with E-state index in [-0.39, 0.29) is 24.0 Å². The van der Waals surface area contributed by atoms with E-state index in [1.165, 1.54) is 0 Å². The summed E-state index contributed by atoms with van der Waals surface area (Å²) in [7, 11) is -1.65. The minimum absolute atomic E-state index is 0.0695. The molecule has 1 aliphatic heterocycles. The van der Waals surface area contributed by atoms with Crippen LogP contribution in [0.1, 0.15) is 52.4 Å². The van der Waals surface area contributed by atoms with Gasteiger partial charge in [0.25, 0.3) is 0 Å². The van der Waals surface area contributed by atoms with Crippen LogP contribution in [0, 0.1) is 23.6 Å². The maximum Gasteiger partial charge on any atom is 0.475 e. The number of halogens is 1. The lowest BCUT2D eigenvalue weighted by atomic mass is 9.74. The molecular formula is C20H30BFN4O4. The van der Waals surface area contributed by atoms with Gasteiger partial charge in [-0.2, -0.15) is 0 Å². The summed E-state index contributed by atoms with van der Waals surface area (Å²) in [5, 5.41) is 22.0. The summed E-state index contributed by atoms with van der Waals surface area (Å²) in [6, 6.07) is -0.417. The second-order valence-corrected chi connectivity index (χ2v) is 8.90. The molecule has 0 spiro atoms. The van der Waals surface area contributed by atoms with E-state index < -0.39 is 30.8 Å². The first kappa shape index (κ1) is 22.6. The highest BCUT2D eigenvalue weighted by Gasteiger charge is 2.39. The van der Waals surface area contributed by atoms with Crippen LogP contribution in [0.5, 0.6) is 0 Å². The fraction of sp³-hybridized carbons (Fsp3) is 0.700. The molecule has 2 aliphatic rings. The van der Waals surface area contributed by atoms with Gasteiger partial charge in [-0.3, -0.25) is 9.59 Å². The van der Waals surface area contributed by atoms with Gasteiger partial charge in [0.1, 0.15) is 0 Å². The number of carbonyl (C=O) groups excluding carboxylic acids is 2. The Labute approximate surface area is 176 Å². The molecule has 3 N–H and O–H groups in total. The van der Waals surface area contributed by atoms with Gasteiger partial charge in [0.15, 0.2) is 11.6 Å². The van der Waals surface area contributed by atoms with Crippen molar-refractivity contribution >= 4 is 24.8 Å². The van der Waals surface area contributed by atoms with Crippen molar-refractivity contribution < 1.29 is 24.0 Å². The Morgan fingerprint density at radius 2 is 1.93 bits per heavy atom.